The summed E-state index contributed by atoms with van der Waals surface area (Å²) in [5.41, 5.74) is 2.49. The Morgan fingerprint density at radius 2 is 1.07 bits per heavy atom. The second-order valence-electron chi connectivity index (χ2n) is 10.7. The number of carbonyl (C=O) groups is 1. The second kappa shape index (κ2) is 11.1. The molecule has 0 radical (unpaired) electrons. The molecule has 0 aliphatic rings. The number of aliphatic hydroxyl groups is 1. The van der Waals surface area contributed by atoms with Crippen LogP contribution in [0.2, 0.25) is 0 Å². The Morgan fingerprint density at radius 3 is 1.77 bits per heavy atom. The Kier molecular flexibility index (Phi) is 6.82. The molecule has 0 aliphatic carbocycles. The van der Waals surface area contributed by atoms with Crippen molar-refractivity contribution in [3.05, 3.63) is 157 Å². The first kappa shape index (κ1) is 26.4. The summed E-state index contributed by atoms with van der Waals surface area (Å²) in [4.78, 5) is 14.3. The molecular weight excluding hydrogens is 532 g/mol. The van der Waals surface area contributed by atoms with Crippen molar-refractivity contribution in [3.8, 4) is 22.6 Å². The van der Waals surface area contributed by atoms with Crippen molar-refractivity contribution in [2.75, 3.05) is 0 Å². The molecule has 0 unspecified atom stereocenters. The van der Waals surface area contributed by atoms with Crippen LogP contribution >= 0.6 is 0 Å². The van der Waals surface area contributed by atoms with Gasteiger partial charge in [0.2, 0.25) is 0 Å². The molecule has 4 nitrogen and oxygen atoms in total. The summed E-state index contributed by atoms with van der Waals surface area (Å²) in [6, 6.07) is 45.6. The van der Waals surface area contributed by atoms with Gasteiger partial charge in [-0.05, 0) is 55.6 Å². The summed E-state index contributed by atoms with van der Waals surface area (Å²) in [6.07, 6.45) is -1.17. The monoisotopic (exact) mass is 560 g/mol. The molecule has 7 aromatic carbocycles. The van der Waals surface area contributed by atoms with E-state index in [0.29, 0.717) is 28.0 Å². The van der Waals surface area contributed by atoms with Gasteiger partial charge in [-0.25, -0.2) is 0 Å². The fourth-order valence-corrected chi connectivity index (χ4v) is 6.08. The molecule has 43 heavy (non-hydrogen) atoms. The lowest BCUT2D eigenvalue weighted by Crippen LogP contribution is -2.25. The number of hydrogen-bond acceptors (Lipinski definition) is 4. The molecule has 2 N–H and O–H groups in total. The van der Waals surface area contributed by atoms with Gasteiger partial charge >= 0.3 is 5.97 Å². The summed E-state index contributed by atoms with van der Waals surface area (Å²) in [5, 5.41) is 28.5. The predicted molar refractivity (Wildman–Crippen MR) is 172 cm³/mol. The minimum Gasteiger partial charge on any atom is -0.507 e. The van der Waals surface area contributed by atoms with Crippen molar-refractivity contribution < 1.29 is 19.7 Å². The SMILES string of the molecule is O=C(Oc1ccc2ccccc2c1-c1c(O)ccc2ccccc12)[C@H](c1ccccc1)[C@H](O)c1cccc2ccccc12. The molecule has 0 spiro atoms. The Hall–Kier alpha value is -5.45. The van der Waals surface area contributed by atoms with Gasteiger partial charge in [-0.1, -0.05) is 133 Å². The first-order chi connectivity index (χ1) is 21.1. The fraction of sp³-hybridized carbons (Fsp3) is 0.0513. The lowest BCUT2D eigenvalue weighted by atomic mass is 9.87. The number of ether oxygens (including phenoxy) is 1. The summed E-state index contributed by atoms with van der Waals surface area (Å²) in [6.45, 7) is 0. The van der Waals surface area contributed by atoms with Crippen molar-refractivity contribution in [2.45, 2.75) is 12.0 Å². The molecule has 2 atom stereocenters. The zero-order chi connectivity index (χ0) is 29.3. The van der Waals surface area contributed by atoms with Crippen LogP contribution in [0.25, 0.3) is 43.4 Å². The normalized spacial score (nSPS) is 12.8. The van der Waals surface area contributed by atoms with Crippen molar-refractivity contribution in [1.29, 1.82) is 0 Å². The molecule has 4 heteroatoms. The number of phenolic OH excluding ortho intramolecular Hbond substituents is 1. The highest BCUT2D eigenvalue weighted by Gasteiger charge is 2.33. The lowest BCUT2D eigenvalue weighted by Gasteiger charge is -2.24. The van der Waals surface area contributed by atoms with Gasteiger partial charge in [0.15, 0.2) is 0 Å². The number of aromatic hydroxyl groups is 1. The summed E-state index contributed by atoms with van der Waals surface area (Å²) < 4.78 is 6.27. The number of rotatable bonds is 6. The molecule has 0 fully saturated rings. The minimum absolute atomic E-state index is 0.0859. The Balaban J connectivity index is 1.39. The maximum atomic E-state index is 14.3. The number of benzene rings is 7. The number of phenols is 1. The molecule has 0 saturated carbocycles. The smallest absolute Gasteiger partial charge is 0.321 e. The zero-order valence-corrected chi connectivity index (χ0v) is 23.2. The maximum Gasteiger partial charge on any atom is 0.321 e. The summed E-state index contributed by atoms with van der Waals surface area (Å²) in [7, 11) is 0. The quantitative estimate of drug-likeness (QED) is 0.157. The molecule has 7 rings (SSSR count). The van der Waals surface area contributed by atoms with Gasteiger partial charge in [-0.15, -0.1) is 0 Å². The van der Waals surface area contributed by atoms with Gasteiger partial charge in [0, 0.05) is 11.1 Å². The van der Waals surface area contributed by atoms with E-state index in [2.05, 4.69) is 0 Å². The fourth-order valence-electron chi connectivity index (χ4n) is 6.08. The van der Waals surface area contributed by atoms with E-state index in [4.69, 9.17) is 4.74 Å². The predicted octanol–water partition coefficient (Wildman–Crippen LogP) is 8.94. The van der Waals surface area contributed by atoms with Crippen molar-refractivity contribution in [2.24, 2.45) is 0 Å². The number of esters is 1. The number of carbonyl (C=O) groups excluding carboxylic acids is 1. The topological polar surface area (TPSA) is 66.8 Å². The maximum absolute atomic E-state index is 14.3. The molecule has 0 saturated heterocycles. The first-order valence-corrected chi connectivity index (χ1v) is 14.3. The molecule has 208 valence electrons. The van der Waals surface area contributed by atoms with Gasteiger partial charge in [0.05, 0.1) is 6.10 Å². The molecule has 0 amide bonds. The third-order valence-electron chi connectivity index (χ3n) is 8.13. The highest BCUT2D eigenvalue weighted by Crippen LogP contribution is 2.46. The third-order valence-corrected chi connectivity index (χ3v) is 8.13. The van der Waals surface area contributed by atoms with E-state index in [1.165, 1.54) is 0 Å². The Labute approximate surface area is 249 Å². The van der Waals surface area contributed by atoms with Gasteiger partial charge in [-0.2, -0.15) is 0 Å². The van der Waals surface area contributed by atoms with Crippen LogP contribution < -0.4 is 4.74 Å². The Bertz CT molecular complexity index is 2110. The summed E-state index contributed by atoms with van der Waals surface area (Å²) in [5.74, 6) is -1.21. The van der Waals surface area contributed by atoms with E-state index < -0.39 is 18.0 Å². The molecule has 0 bridgehead atoms. The van der Waals surface area contributed by atoms with Crippen LogP contribution in [-0.4, -0.2) is 16.2 Å². The van der Waals surface area contributed by atoms with E-state index in [9.17, 15) is 15.0 Å². The van der Waals surface area contributed by atoms with Gasteiger partial charge in [-0.3, -0.25) is 4.79 Å². The van der Waals surface area contributed by atoms with Gasteiger partial charge in [0.25, 0.3) is 0 Å². The van der Waals surface area contributed by atoms with E-state index >= 15 is 0 Å². The van der Waals surface area contributed by atoms with Crippen molar-refractivity contribution in [3.63, 3.8) is 0 Å². The molecule has 0 aromatic heterocycles. The van der Waals surface area contributed by atoms with Crippen LogP contribution in [0, 0.1) is 0 Å². The van der Waals surface area contributed by atoms with Crippen LogP contribution in [-0.2, 0) is 4.79 Å². The van der Waals surface area contributed by atoms with Gasteiger partial charge < -0.3 is 14.9 Å². The van der Waals surface area contributed by atoms with Crippen molar-refractivity contribution in [1.82, 2.24) is 0 Å². The van der Waals surface area contributed by atoms with E-state index in [1.54, 1.807) is 12.1 Å². The van der Waals surface area contributed by atoms with E-state index in [1.807, 2.05) is 133 Å². The average molecular weight is 561 g/mol. The second-order valence-corrected chi connectivity index (χ2v) is 10.7. The van der Waals surface area contributed by atoms with Crippen LogP contribution in [0.5, 0.6) is 11.5 Å². The molecule has 0 aliphatic heterocycles. The highest BCUT2D eigenvalue weighted by molar-refractivity contribution is 6.10. The van der Waals surface area contributed by atoms with Crippen LogP contribution in [0.4, 0.5) is 0 Å². The highest BCUT2D eigenvalue weighted by atomic mass is 16.5. The van der Waals surface area contributed by atoms with E-state index in [0.717, 1.165) is 32.3 Å². The van der Waals surface area contributed by atoms with Crippen LogP contribution in [0.3, 0.4) is 0 Å². The number of aliphatic hydroxyl groups excluding tert-OH is 1. The lowest BCUT2D eigenvalue weighted by molar-refractivity contribution is -0.139. The number of fused-ring (bicyclic) bond motifs is 3. The summed E-state index contributed by atoms with van der Waals surface area (Å²) >= 11 is 0. The minimum atomic E-state index is -1.17. The zero-order valence-electron chi connectivity index (χ0n) is 23.2. The Morgan fingerprint density at radius 1 is 0.535 bits per heavy atom. The van der Waals surface area contributed by atoms with E-state index in [-0.39, 0.29) is 5.75 Å². The van der Waals surface area contributed by atoms with Crippen LogP contribution in [0.15, 0.2) is 146 Å². The molecule has 0 heterocycles. The van der Waals surface area contributed by atoms with Gasteiger partial charge in [0.1, 0.15) is 17.4 Å². The third kappa shape index (κ3) is 4.78. The average Bonchev–Trinajstić information content (AvgIpc) is 3.05. The standard InChI is InChI=1S/C39H28O4/c40-33-23-21-26-12-5-8-18-30(26)36(33)37-31-19-9-6-13-27(31)22-24-34(37)43-39(42)35(28-14-2-1-3-15-28)38(41)32-20-10-16-25-11-4-7-17-29(25)32/h1-24,35,38,40-41H/t35-,38-/m1/s1. The van der Waals surface area contributed by atoms with Crippen molar-refractivity contribution >= 4 is 38.3 Å². The first-order valence-electron chi connectivity index (χ1n) is 14.3. The molecular formula is C39H28O4. The molecule has 7 aromatic rings. The van der Waals surface area contributed by atoms with Crippen LogP contribution in [0.1, 0.15) is 23.1 Å². The number of hydrogen-bond donors (Lipinski definition) is 2. The largest absolute Gasteiger partial charge is 0.507 e.